The standard InChI is InChI=1S/C20H20F2N2O4/c1-12-20(26)24(9-13-5-15(21)8-16(22)6-13)10-14-7-17(3-4-18(14)28-12)23-19(25)11-27-2/h3-8,12H,9-11H2,1-2H3,(H,23,25). The Hall–Kier alpha value is -3.00. The normalized spacial score (nSPS) is 16.2. The number of hydrogen-bond donors (Lipinski definition) is 1. The van der Waals surface area contributed by atoms with Crippen molar-refractivity contribution in [3.05, 3.63) is 59.2 Å². The molecule has 0 radical (unpaired) electrons. The van der Waals surface area contributed by atoms with Crippen LogP contribution in [0, 0.1) is 11.6 Å². The minimum Gasteiger partial charge on any atom is -0.481 e. The molecule has 1 aliphatic heterocycles. The van der Waals surface area contributed by atoms with Crippen LogP contribution < -0.4 is 10.1 Å². The van der Waals surface area contributed by atoms with E-state index < -0.39 is 17.7 Å². The van der Waals surface area contributed by atoms with Crippen LogP contribution in [0.4, 0.5) is 14.5 Å². The fourth-order valence-corrected chi connectivity index (χ4v) is 3.06. The van der Waals surface area contributed by atoms with Gasteiger partial charge in [0, 0.05) is 37.5 Å². The summed E-state index contributed by atoms with van der Waals surface area (Å²) in [5.41, 5.74) is 1.54. The second-order valence-corrected chi connectivity index (χ2v) is 6.54. The zero-order valence-electron chi connectivity index (χ0n) is 15.5. The molecule has 0 saturated carbocycles. The quantitative estimate of drug-likeness (QED) is 0.853. The summed E-state index contributed by atoms with van der Waals surface area (Å²) in [4.78, 5) is 25.8. The smallest absolute Gasteiger partial charge is 0.263 e. The number of carbonyl (C=O) groups excluding carboxylic acids is 2. The second kappa shape index (κ2) is 8.35. The molecule has 0 saturated heterocycles. The summed E-state index contributed by atoms with van der Waals surface area (Å²) < 4.78 is 37.5. The highest BCUT2D eigenvalue weighted by atomic mass is 19.1. The van der Waals surface area contributed by atoms with Gasteiger partial charge in [-0.2, -0.15) is 0 Å². The van der Waals surface area contributed by atoms with E-state index in [1.54, 1.807) is 25.1 Å². The lowest BCUT2D eigenvalue weighted by atomic mass is 10.1. The zero-order valence-corrected chi connectivity index (χ0v) is 15.5. The Kier molecular flexibility index (Phi) is 5.89. The van der Waals surface area contributed by atoms with Gasteiger partial charge >= 0.3 is 0 Å². The molecule has 2 amide bonds. The molecule has 1 N–H and O–H groups in total. The summed E-state index contributed by atoms with van der Waals surface area (Å²) in [6.45, 7) is 1.73. The van der Waals surface area contributed by atoms with Crippen LogP contribution in [0.25, 0.3) is 0 Å². The van der Waals surface area contributed by atoms with Gasteiger partial charge in [-0.25, -0.2) is 8.78 Å². The van der Waals surface area contributed by atoms with Crippen molar-refractivity contribution in [1.29, 1.82) is 0 Å². The van der Waals surface area contributed by atoms with Crippen molar-refractivity contribution in [2.45, 2.75) is 26.1 Å². The van der Waals surface area contributed by atoms with E-state index in [0.29, 0.717) is 22.6 Å². The van der Waals surface area contributed by atoms with Crippen LogP contribution in [0.3, 0.4) is 0 Å². The highest BCUT2D eigenvalue weighted by molar-refractivity contribution is 5.92. The molecule has 28 heavy (non-hydrogen) atoms. The lowest BCUT2D eigenvalue weighted by Crippen LogP contribution is -2.37. The lowest BCUT2D eigenvalue weighted by Gasteiger charge is -2.22. The average molecular weight is 390 g/mol. The van der Waals surface area contributed by atoms with Crippen molar-refractivity contribution >= 4 is 17.5 Å². The van der Waals surface area contributed by atoms with E-state index in [4.69, 9.17) is 9.47 Å². The molecule has 0 aromatic heterocycles. The molecule has 0 aliphatic carbocycles. The molecule has 0 fully saturated rings. The number of rotatable bonds is 5. The number of nitrogens with zero attached hydrogens (tertiary/aromatic N) is 1. The zero-order chi connectivity index (χ0) is 20.3. The first kappa shape index (κ1) is 19.8. The van der Waals surface area contributed by atoms with E-state index in [1.165, 1.54) is 24.1 Å². The molecule has 2 aromatic rings. The van der Waals surface area contributed by atoms with E-state index in [9.17, 15) is 18.4 Å². The van der Waals surface area contributed by atoms with Gasteiger partial charge in [0.2, 0.25) is 5.91 Å². The SMILES string of the molecule is COCC(=O)Nc1ccc2c(c1)CN(Cc1cc(F)cc(F)c1)C(=O)C(C)O2. The first-order valence-corrected chi connectivity index (χ1v) is 8.68. The van der Waals surface area contributed by atoms with Gasteiger partial charge in [0.25, 0.3) is 5.91 Å². The van der Waals surface area contributed by atoms with Gasteiger partial charge in [-0.1, -0.05) is 0 Å². The Morgan fingerprint density at radius 2 is 1.96 bits per heavy atom. The Balaban J connectivity index is 1.86. The molecule has 1 aliphatic rings. The molecular weight excluding hydrogens is 370 g/mol. The fraction of sp³-hybridized carbons (Fsp3) is 0.300. The first-order valence-electron chi connectivity index (χ1n) is 8.68. The van der Waals surface area contributed by atoms with E-state index in [2.05, 4.69) is 5.32 Å². The summed E-state index contributed by atoms with van der Waals surface area (Å²) in [7, 11) is 1.42. The molecule has 6 nitrogen and oxygen atoms in total. The molecule has 8 heteroatoms. The van der Waals surface area contributed by atoms with E-state index in [-0.39, 0.29) is 31.5 Å². The second-order valence-electron chi connectivity index (χ2n) is 6.54. The molecule has 0 bridgehead atoms. The van der Waals surface area contributed by atoms with Crippen molar-refractivity contribution in [1.82, 2.24) is 4.90 Å². The Bertz CT molecular complexity index is 884. The van der Waals surface area contributed by atoms with Gasteiger partial charge in [-0.3, -0.25) is 9.59 Å². The maximum Gasteiger partial charge on any atom is 0.263 e. The minimum atomic E-state index is -0.756. The van der Waals surface area contributed by atoms with Crippen molar-refractivity contribution in [2.75, 3.05) is 19.0 Å². The van der Waals surface area contributed by atoms with E-state index in [1.807, 2.05) is 0 Å². The number of halogens is 2. The number of amides is 2. The lowest BCUT2D eigenvalue weighted by molar-refractivity contribution is -0.138. The van der Waals surface area contributed by atoms with E-state index in [0.717, 1.165) is 6.07 Å². The number of methoxy groups -OCH3 is 1. The Morgan fingerprint density at radius 1 is 1.25 bits per heavy atom. The third-order valence-electron chi connectivity index (χ3n) is 4.24. The minimum absolute atomic E-state index is 0.0287. The number of fused-ring (bicyclic) bond motifs is 1. The van der Waals surface area contributed by atoms with Crippen LogP contribution in [-0.4, -0.2) is 36.5 Å². The van der Waals surface area contributed by atoms with Crippen LogP contribution in [0.15, 0.2) is 36.4 Å². The molecule has 0 spiro atoms. The number of ether oxygens (including phenoxy) is 2. The van der Waals surface area contributed by atoms with Crippen molar-refractivity contribution < 1.29 is 27.8 Å². The van der Waals surface area contributed by atoms with Gasteiger partial charge in [0.15, 0.2) is 6.10 Å². The van der Waals surface area contributed by atoms with Crippen molar-refractivity contribution in [3.63, 3.8) is 0 Å². The number of hydrogen-bond acceptors (Lipinski definition) is 4. The highest BCUT2D eigenvalue weighted by Crippen LogP contribution is 2.29. The summed E-state index contributed by atoms with van der Waals surface area (Å²) >= 11 is 0. The molecule has 1 heterocycles. The Morgan fingerprint density at radius 3 is 2.64 bits per heavy atom. The van der Waals surface area contributed by atoms with Crippen LogP contribution in [0.2, 0.25) is 0 Å². The molecule has 2 aromatic carbocycles. The highest BCUT2D eigenvalue weighted by Gasteiger charge is 2.28. The van der Waals surface area contributed by atoms with Crippen molar-refractivity contribution in [3.8, 4) is 5.75 Å². The summed E-state index contributed by atoms with van der Waals surface area (Å²) in [6, 6.07) is 8.20. The fourth-order valence-electron chi connectivity index (χ4n) is 3.06. The van der Waals surface area contributed by atoms with Crippen molar-refractivity contribution in [2.24, 2.45) is 0 Å². The molecular formula is C20H20F2N2O4. The summed E-state index contributed by atoms with van der Waals surface area (Å²) in [6.07, 6.45) is -0.756. The predicted molar refractivity (Wildman–Crippen MR) is 97.6 cm³/mol. The van der Waals surface area contributed by atoms with Gasteiger partial charge < -0.3 is 19.7 Å². The predicted octanol–water partition coefficient (Wildman–Crippen LogP) is 2.86. The van der Waals surface area contributed by atoms with Gasteiger partial charge in [0.05, 0.1) is 0 Å². The number of anilines is 1. The van der Waals surface area contributed by atoms with Gasteiger partial charge in [0.1, 0.15) is 24.0 Å². The third-order valence-corrected chi connectivity index (χ3v) is 4.24. The number of carbonyl (C=O) groups is 2. The van der Waals surface area contributed by atoms with E-state index >= 15 is 0 Å². The monoisotopic (exact) mass is 390 g/mol. The maximum atomic E-state index is 13.5. The topological polar surface area (TPSA) is 67.9 Å². The number of nitrogens with one attached hydrogen (secondary N) is 1. The van der Waals surface area contributed by atoms with Crippen LogP contribution >= 0.6 is 0 Å². The van der Waals surface area contributed by atoms with Crippen LogP contribution in [0.5, 0.6) is 5.75 Å². The molecule has 1 unspecified atom stereocenters. The molecule has 1 atom stereocenters. The third kappa shape index (κ3) is 4.64. The number of benzene rings is 2. The summed E-state index contributed by atoms with van der Waals surface area (Å²) in [5, 5.41) is 2.69. The first-order chi connectivity index (χ1) is 13.4. The summed E-state index contributed by atoms with van der Waals surface area (Å²) in [5.74, 6) is -1.51. The van der Waals surface area contributed by atoms with Crippen LogP contribution in [0.1, 0.15) is 18.1 Å². The maximum absolute atomic E-state index is 13.5. The molecule has 148 valence electrons. The Labute approximate surface area is 161 Å². The largest absolute Gasteiger partial charge is 0.481 e. The van der Waals surface area contributed by atoms with Crippen LogP contribution in [-0.2, 0) is 27.4 Å². The van der Waals surface area contributed by atoms with Gasteiger partial charge in [-0.05, 0) is 42.8 Å². The molecule has 3 rings (SSSR count). The average Bonchev–Trinajstić information content (AvgIpc) is 2.72. The van der Waals surface area contributed by atoms with Gasteiger partial charge in [-0.15, -0.1) is 0 Å².